The normalized spacial score (nSPS) is 22.0. The summed E-state index contributed by atoms with van der Waals surface area (Å²) in [4.78, 5) is 13.7. The highest BCUT2D eigenvalue weighted by molar-refractivity contribution is 5.75. The minimum atomic E-state index is -4.36. The van der Waals surface area contributed by atoms with Crippen molar-refractivity contribution in [3.63, 3.8) is 0 Å². The van der Waals surface area contributed by atoms with Gasteiger partial charge < -0.3 is 15.3 Å². The number of hydrogen-bond donors (Lipinski definition) is 2. The van der Waals surface area contributed by atoms with E-state index < -0.39 is 17.3 Å². The molecular weight excluding hydrogens is 297 g/mol. The SMILES string of the molecule is C[C@]1(CO)CCCN1C(=O)NCc1ccc(C(F)(F)F)cc1. The van der Waals surface area contributed by atoms with E-state index in [1.54, 1.807) is 4.90 Å². The number of nitrogens with zero attached hydrogens (tertiary/aromatic N) is 1. The van der Waals surface area contributed by atoms with Crippen molar-refractivity contribution in [3.05, 3.63) is 35.4 Å². The molecule has 122 valence electrons. The van der Waals surface area contributed by atoms with Crippen LogP contribution in [0.1, 0.15) is 30.9 Å². The number of rotatable bonds is 3. The van der Waals surface area contributed by atoms with Crippen molar-refractivity contribution >= 4 is 6.03 Å². The Hall–Kier alpha value is -1.76. The molecule has 0 radical (unpaired) electrons. The Balaban J connectivity index is 1.94. The minimum absolute atomic E-state index is 0.110. The van der Waals surface area contributed by atoms with Gasteiger partial charge in [0.25, 0.3) is 0 Å². The first kappa shape index (κ1) is 16.6. The van der Waals surface area contributed by atoms with Crippen LogP contribution in [0.4, 0.5) is 18.0 Å². The number of carbonyl (C=O) groups is 1. The van der Waals surface area contributed by atoms with Crippen LogP contribution >= 0.6 is 0 Å². The summed E-state index contributed by atoms with van der Waals surface area (Å²) in [5, 5.41) is 12.1. The van der Waals surface area contributed by atoms with Crippen molar-refractivity contribution < 1.29 is 23.1 Å². The van der Waals surface area contributed by atoms with E-state index in [0.29, 0.717) is 12.1 Å². The standard InChI is InChI=1S/C15H19F3N2O2/c1-14(10-21)7-2-8-20(14)13(22)19-9-11-3-5-12(6-4-11)15(16,17)18/h3-6,21H,2,7-10H2,1H3,(H,19,22)/t14-/m1/s1. The molecule has 1 aromatic carbocycles. The zero-order chi connectivity index (χ0) is 16.4. The first-order valence-electron chi connectivity index (χ1n) is 7.09. The monoisotopic (exact) mass is 316 g/mol. The van der Waals surface area contributed by atoms with Gasteiger partial charge in [-0.25, -0.2) is 4.79 Å². The molecular formula is C15H19F3N2O2. The second-order valence-electron chi connectivity index (χ2n) is 5.76. The fourth-order valence-corrected chi connectivity index (χ4v) is 2.62. The molecule has 4 nitrogen and oxygen atoms in total. The predicted molar refractivity (Wildman–Crippen MR) is 75.1 cm³/mol. The largest absolute Gasteiger partial charge is 0.416 e. The van der Waals surface area contributed by atoms with Gasteiger partial charge in [0, 0.05) is 13.1 Å². The zero-order valence-corrected chi connectivity index (χ0v) is 12.3. The summed E-state index contributed by atoms with van der Waals surface area (Å²) < 4.78 is 37.4. The summed E-state index contributed by atoms with van der Waals surface area (Å²) in [6.45, 7) is 2.42. The Morgan fingerprint density at radius 2 is 2.00 bits per heavy atom. The summed E-state index contributed by atoms with van der Waals surface area (Å²) in [6.07, 6.45) is -2.80. The van der Waals surface area contributed by atoms with E-state index in [-0.39, 0.29) is 19.2 Å². The second kappa shape index (κ2) is 6.16. The lowest BCUT2D eigenvalue weighted by Gasteiger charge is -2.33. The highest BCUT2D eigenvalue weighted by atomic mass is 19.4. The molecule has 2 rings (SSSR count). The summed E-state index contributed by atoms with van der Waals surface area (Å²) >= 11 is 0. The van der Waals surface area contributed by atoms with Crippen molar-refractivity contribution in [2.45, 2.75) is 38.0 Å². The minimum Gasteiger partial charge on any atom is -0.394 e. The smallest absolute Gasteiger partial charge is 0.394 e. The van der Waals surface area contributed by atoms with Gasteiger partial charge in [0.15, 0.2) is 0 Å². The van der Waals surface area contributed by atoms with Crippen LogP contribution < -0.4 is 5.32 Å². The number of halogens is 3. The highest BCUT2D eigenvalue weighted by Crippen LogP contribution is 2.29. The van der Waals surface area contributed by atoms with E-state index in [1.807, 2.05) is 6.92 Å². The molecule has 0 aromatic heterocycles. The third kappa shape index (κ3) is 3.52. The predicted octanol–water partition coefficient (Wildman–Crippen LogP) is 2.76. The molecule has 0 bridgehead atoms. The number of aliphatic hydroxyl groups excluding tert-OH is 1. The maximum atomic E-state index is 12.5. The molecule has 0 aliphatic carbocycles. The van der Waals surface area contributed by atoms with Crippen molar-refractivity contribution in [2.24, 2.45) is 0 Å². The van der Waals surface area contributed by atoms with Gasteiger partial charge in [-0.15, -0.1) is 0 Å². The van der Waals surface area contributed by atoms with E-state index in [1.165, 1.54) is 12.1 Å². The van der Waals surface area contributed by atoms with Crippen molar-refractivity contribution in [1.82, 2.24) is 10.2 Å². The van der Waals surface area contributed by atoms with Gasteiger partial charge in [0.2, 0.25) is 0 Å². The molecule has 0 unspecified atom stereocenters. The fraction of sp³-hybridized carbons (Fsp3) is 0.533. The highest BCUT2D eigenvalue weighted by Gasteiger charge is 2.39. The van der Waals surface area contributed by atoms with Crippen molar-refractivity contribution in [3.8, 4) is 0 Å². The summed E-state index contributed by atoms with van der Waals surface area (Å²) in [7, 11) is 0. The summed E-state index contributed by atoms with van der Waals surface area (Å²) in [6, 6.07) is 4.37. The maximum Gasteiger partial charge on any atom is 0.416 e. The van der Waals surface area contributed by atoms with Crippen LogP contribution in [0.25, 0.3) is 0 Å². The first-order chi connectivity index (χ1) is 10.3. The quantitative estimate of drug-likeness (QED) is 0.901. The number of nitrogens with one attached hydrogen (secondary N) is 1. The average Bonchev–Trinajstić information content (AvgIpc) is 2.87. The molecule has 22 heavy (non-hydrogen) atoms. The van der Waals surface area contributed by atoms with Crippen LogP contribution in [0.5, 0.6) is 0 Å². The first-order valence-corrected chi connectivity index (χ1v) is 7.09. The Kier molecular flexibility index (Phi) is 4.65. The van der Waals surface area contributed by atoms with Crippen LogP contribution in [0.3, 0.4) is 0 Å². The van der Waals surface area contributed by atoms with E-state index in [2.05, 4.69) is 5.32 Å². The lowest BCUT2D eigenvalue weighted by atomic mass is 10.0. The molecule has 1 aromatic rings. The lowest BCUT2D eigenvalue weighted by Crippen LogP contribution is -2.51. The number of urea groups is 1. The van der Waals surface area contributed by atoms with Gasteiger partial charge in [-0.05, 0) is 37.5 Å². The van der Waals surface area contributed by atoms with Crippen LogP contribution in [-0.4, -0.2) is 34.7 Å². The Morgan fingerprint density at radius 3 is 2.55 bits per heavy atom. The number of aliphatic hydroxyl groups is 1. The second-order valence-corrected chi connectivity index (χ2v) is 5.76. The van der Waals surface area contributed by atoms with Crippen LogP contribution in [0.15, 0.2) is 24.3 Å². The third-order valence-corrected chi connectivity index (χ3v) is 4.06. The molecule has 1 atom stereocenters. The number of amides is 2. The average molecular weight is 316 g/mol. The molecule has 1 fully saturated rings. The molecule has 2 amide bonds. The fourth-order valence-electron chi connectivity index (χ4n) is 2.62. The topological polar surface area (TPSA) is 52.6 Å². The van der Waals surface area contributed by atoms with Gasteiger partial charge in [-0.3, -0.25) is 0 Å². The van der Waals surface area contributed by atoms with Crippen LogP contribution in [0.2, 0.25) is 0 Å². The van der Waals surface area contributed by atoms with E-state index in [9.17, 15) is 23.1 Å². The Morgan fingerprint density at radius 1 is 1.36 bits per heavy atom. The van der Waals surface area contributed by atoms with Crippen molar-refractivity contribution in [2.75, 3.05) is 13.2 Å². The molecule has 7 heteroatoms. The van der Waals surface area contributed by atoms with Crippen LogP contribution in [-0.2, 0) is 12.7 Å². The molecule has 0 spiro atoms. The summed E-state index contributed by atoms with van der Waals surface area (Å²) in [5.41, 5.74) is -0.689. The van der Waals surface area contributed by atoms with E-state index in [4.69, 9.17) is 0 Å². The molecule has 1 aliphatic heterocycles. The van der Waals surface area contributed by atoms with Gasteiger partial charge in [-0.1, -0.05) is 12.1 Å². The van der Waals surface area contributed by atoms with Gasteiger partial charge in [-0.2, -0.15) is 13.2 Å². The maximum absolute atomic E-state index is 12.5. The zero-order valence-electron chi connectivity index (χ0n) is 12.3. The lowest BCUT2D eigenvalue weighted by molar-refractivity contribution is -0.137. The Bertz CT molecular complexity index is 531. The number of hydrogen-bond acceptors (Lipinski definition) is 2. The Labute approximate surface area is 126 Å². The molecule has 1 aliphatic rings. The van der Waals surface area contributed by atoms with Gasteiger partial charge in [0.1, 0.15) is 0 Å². The van der Waals surface area contributed by atoms with E-state index in [0.717, 1.165) is 25.0 Å². The molecule has 0 saturated carbocycles. The number of benzene rings is 1. The third-order valence-electron chi connectivity index (χ3n) is 4.06. The molecule has 2 N–H and O–H groups in total. The number of likely N-dealkylation sites (tertiary alicyclic amines) is 1. The number of alkyl halides is 3. The van der Waals surface area contributed by atoms with E-state index >= 15 is 0 Å². The number of carbonyl (C=O) groups excluding carboxylic acids is 1. The molecule has 1 heterocycles. The van der Waals surface area contributed by atoms with Crippen molar-refractivity contribution in [1.29, 1.82) is 0 Å². The van der Waals surface area contributed by atoms with Gasteiger partial charge >= 0.3 is 12.2 Å². The summed E-state index contributed by atoms with van der Waals surface area (Å²) in [5.74, 6) is 0. The van der Waals surface area contributed by atoms with Crippen LogP contribution in [0, 0.1) is 0 Å². The molecule has 1 saturated heterocycles. The van der Waals surface area contributed by atoms with Gasteiger partial charge in [0.05, 0.1) is 17.7 Å².